The molecule has 1 amide bonds. The Labute approximate surface area is 154 Å². The van der Waals surface area contributed by atoms with Crippen LogP contribution in [0, 0.1) is 11.8 Å². The van der Waals surface area contributed by atoms with Gasteiger partial charge in [0.25, 0.3) is 0 Å². The molecule has 138 valence electrons. The third-order valence-corrected chi connectivity index (χ3v) is 5.37. The molecule has 4 rings (SSSR count). The molecular weight excluding hydrogens is 326 g/mol. The van der Waals surface area contributed by atoms with Crippen LogP contribution in [0.15, 0.2) is 40.9 Å². The highest BCUT2D eigenvalue weighted by atomic mass is 16.5. The molecule has 0 radical (unpaired) electrons. The van der Waals surface area contributed by atoms with Gasteiger partial charge in [-0.1, -0.05) is 49.3 Å². The van der Waals surface area contributed by atoms with Crippen LogP contribution < -0.4 is 5.32 Å². The van der Waals surface area contributed by atoms with E-state index in [1.807, 2.05) is 36.4 Å². The Bertz CT molecular complexity index is 752. The normalized spacial score (nSPS) is 24.0. The predicted molar refractivity (Wildman–Crippen MR) is 100 cm³/mol. The Balaban J connectivity index is 1.51. The first kappa shape index (κ1) is 17.3. The molecule has 26 heavy (non-hydrogen) atoms. The molecule has 1 saturated carbocycles. The summed E-state index contributed by atoms with van der Waals surface area (Å²) in [5.41, 5.74) is 1.92. The van der Waals surface area contributed by atoms with E-state index in [2.05, 4.69) is 29.2 Å². The van der Waals surface area contributed by atoms with Crippen LogP contribution in [-0.2, 0) is 11.3 Å². The van der Waals surface area contributed by atoms with Crippen molar-refractivity contribution in [2.45, 2.75) is 51.7 Å². The van der Waals surface area contributed by atoms with Crippen LogP contribution >= 0.6 is 0 Å². The Kier molecular flexibility index (Phi) is 4.81. The van der Waals surface area contributed by atoms with Gasteiger partial charge in [0.1, 0.15) is 0 Å². The third kappa shape index (κ3) is 3.83. The van der Waals surface area contributed by atoms with E-state index in [-0.39, 0.29) is 18.0 Å². The van der Waals surface area contributed by atoms with E-state index >= 15 is 0 Å². The van der Waals surface area contributed by atoms with Crippen molar-refractivity contribution in [3.05, 3.63) is 42.1 Å². The largest absolute Gasteiger partial charge is 0.356 e. The second kappa shape index (κ2) is 7.23. The van der Waals surface area contributed by atoms with Gasteiger partial charge in [-0.05, 0) is 31.1 Å². The minimum absolute atomic E-state index is 0.0816. The average molecular weight is 353 g/mol. The summed E-state index contributed by atoms with van der Waals surface area (Å²) in [7, 11) is 0. The smallest absolute Gasteiger partial charge is 0.237 e. The Morgan fingerprint density at radius 1 is 1.27 bits per heavy atom. The van der Waals surface area contributed by atoms with Gasteiger partial charge in [-0.2, -0.15) is 0 Å². The zero-order valence-corrected chi connectivity index (χ0v) is 15.5. The molecule has 2 aliphatic rings. The molecule has 2 heterocycles. The molecule has 2 unspecified atom stereocenters. The molecule has 2 fully saturated rings. The maximum atomic E-state index is 12.7. The predicted octanol–water partition coefficient (Wildman–Crippen LogP) is 3.47. The molecule has 2 atom stereocenters. The van der Waals surface area contributed by atoms with Gasteiger partial charge < -0.3 is 9.84 Å². The van der Waals surface area contributed by atoms with Crippen LogP contribution in [0.1, 0.15) is 38.8 Å². The number of nitrogens with zero attached hydrogens (tertiary/aromatic N) is 2. The highest BCUT2D eigenvalue weighted by molar-refractivity contribution is 5.83. The van der Waals surface area contributed by atoms with E-state index < -0.39 is 0 Å². The maximum absolute atomic E-state index is 12.7. The Morgan fingerprint density at radius 3 is 2.73 bits per heavy atom. The van der Waals surface area contributed by atoms with Crippen molar-refractivity contribution in [3.8, 4) is 11.3 Å². The van der Waals surface area contributed by atoms with Gasteiger partial charge in [0, 0.05) is 30.8 Å². The lowest BCUT2D eigenvalue weighted by atomic mass is 9.96. The summed E-state index contributed by atoms with van der Waals surface area (Å²) in [6.45, 7) is 5.90. The SMILES string of the molecule is CC(C)CC1C(=O)NC(C2CC2)CN1Cc1cc(-c2ccccc2)on1. The summed E-state index contributed by atoms with van der Waals surface area (Å²) in [6, 6.07) is 12.2. The number of nitrogens with one attached hydrogen (secondary N) is 1. The number of carbonyl (C=O) groups is 1. The highest BCUT2D eigenvalue weighted by Crippen LogP contribution is 2.35. The van der Waals surface area contributed by atoms with Crippen LogP contribution in [0.4, 0.5) is 0 Å². The topological polar surface area (TPSA) is 58.4 Å². The molecule has 1 aromatic carbocycles. The number of amides is 1. The second-order valence-corrected chi connectivity index (χ2v) is 8.08. The third-order valence-electron chi connectivity index (χ3n) is 5.37. The zero-order chi connectivity index (χ0) is 18.1. The number of rotatable bonds is 6. The summed E-state index contributed by atoms with van der Waals surface area (Å²) in [5.74, 6) is 2.08. The van der Waals surface area contributed by atoms with E-state index in [0.717, 1.165) is 30.0 Å². The zero-order valence-electron chi connectivity index (χ0n) is 15.5. The van der Waals surface area contributed by atoms with Crippen LogP contribution in [0.5, 0.6) is 0 Å². The molecule has 0 spiro atoms. The maximum Gasteiger partial charge on any atom is 0.237 e. The number of aromatic nitrogens is 1. The summed E-state index contributed by atoms with van der Waals surface area (Å²) < 4.78 is 5.54. The molecule has 2 aromatic rings. The average Bonchev–Trinajstić information content (AvgIpc) is 3.37. The number of carbonyl (C=O) groups excluding carboxylic acids is 1. The van der Waals surface area contributed by atoms with Gasteiger partial charge in [0.2, 0.25) is 5.91 Å². The van der Waals surface area contributed by atoms with E-state index in [9.17, 15) is 4.79 Å². The van der Waals surface area contributed by atoms with Crippen molar-refractivity contribution in [1.82, 2.24) is 15.4 Å². The molecule has 1 aromatic heterocycles. The van der Waals surface area contributed by atoms with Crippen molar-refractivity contribution in [2.24, 2.45) is 11.8 Å². The number of hydrogen-bond acceptors (Lipinski definition) is 4. The first-order chi connectivity index (χ1) is 12.6. The molecule has 1 aliphatic carbocycles. The number of hydrogen-bond donors (Lipinski definition) is 1. The van der Waals surface area contributed by atoms with Crippen LogP contribution in [0.3, 0.4) is 0 Å². The second-order valence-electron chi connectivity index (χ2n) is 8.08. The van der Waals surface area contributed by atoms with Gasteiger partial charge >= 0.3 is 0 Å². The molecule has 5 heteroatoms. The lowest BCUT2D eigenvalue weighted by molar-refractivity contribution is -0.132. The van der Waals surface area contributed by atoms with E-state index in [1.165, 1.54) is 12.8 Å². The molecule has 0 bridgehead atoms. The molecular formula is C21H27N3O2. The standard InChI is InChI=1S/C21H27N3O2/c1-14(2)10-19-21(25)22-18(15-8-9-15)13-24(19)12-17-11-20(26-23-17)16-6-4-3-5-7-16/h3-7,11,14-15,18-19H,8-10,12-13H2,1-2H3,(H,22,25). The Hall–Kier alpha value is -2.14. The first-order valence-electron chi connectivity index (χ1n) is 9.65. The minimum atomic E-state index is -0.0816. The van der Waals surface area contributed by atoms with Crippen LogP contribution in [0.25, 0.3) is 11.3 Å². The number of piperazine rings is 1. The van der Waals surface area contributed by atoms with Crippen molar-refractivity contribution < 1.29 is 9.32 Å². The monoisotopic (exact) mass is 353 g/mol. The molecule has 1 N–H and O–H groups in total. The van der Waals surface area contributed by atoms with Gasteiger partial charge in [-0.3, -0.25) is 9.69 Å². The van der Waals surface area contributed by atoms with Crippen molar-refractivity contribution >= 4 is 5.91 Å². The fraction of sp³-hybridized carbons (Fsp3) is 0.524. The van der Waals surface area contributed by atoms with Crippen LogP contribution in [0.2, 0.25) is 0 Å². The molecule has 5 nitrogen and oxygen atoms in total. The summed E-state index contributed by atoms with van der Waals surface area (Å²) in [4.78, 5) is 15.0. The van der Waals surface area contributed by atoms with Gasteiger partial charge in [-0.15, -0.1) is 0 Å². The Morgan fingerprint density at radius 2 is 2.04 bits per heavy atom. The van der Waals surface area contributed by atoms with E-state index in [1.54, 1.807) is 0 Å². The first-order valence-corrected chi connectivity index (χ1v) is 9.65. The van der Waals surface area contributed by atoms with Gasteiger partial charge in [0.15, 0.2) is 5.76 Å². The van der Waals surface area contributed by atoms with Crippen LogP contribution in [-0.4, -0.2) is 34.6 Å². The van der Waals surface area contributed by atoms with Crippen molar-refractivity contribution in [1.29, 1.82) is 0 Å². The quantitative estimate of drug-likeness (QED) is 0.864. The minimum Gasteiger partial charge on any atom is -0.356 e. The molecule has 1 aliphatic heterocycles. The van der Waals surface area contributed by atoms with Crippen molar-refractivity contribution in [3.63, 3.8) is 0 Å². The highest BCUT2D eigenvalue weighted by Gasteiger charge is 2.41. The summed E-state index contributed by atoms with van der Waals surface area (Å²) >= 11 is 0. The van der Waals surface area contributed by atoms with E-state index in [0.29, 0.717) is 18.4 Å². The fourth-order valence-electron chi connectivity index (χ4n) is 3.85. The summed E-state index contributed by atoms with van der Waals surface area (Å²) in [6.07, 6.45) is 3.33. The lowest BCUT2D eigenvalue weighted by Gasteiger charge is -2.40. The van der Waals surface area contributed by atoms with Gasteiger partial charge in [0.05, 0.1) is 11.7 Å². The lowest BCUT2D eigenvalue weighted by Crippen LogP contribution is -2.60. The summed E-state index contributed by atoms with van der Waals surface area (Å²) in [5, 5.41) is 7.52. The van der Waals surface area contributed by atoms with E-state index in [4.69, 9.17) is 4.52 Å². The van der Waals surface area contributed by atoms with Crippen molar-refractivity contribution in [2.75, 3.05) is 6.54 Å². The number of benzene rings is 1. The molecule has 1 saturated heterocycles. The fourth-order valence-corrected chi connectivity index (χ4v) is 3.85. The van der Waals surface area contributed by atoms with Gasteiger partial charge in [-0.25, -0.2) is 0 Å².